The van der Waals surface area contributed by atoms with E-state index in [1.165, 1.54) is 76.3 Å². The number of hydrogen-bond acceptors (Lipinski definition) is 3. The molecule has 144 valence electrons. The zero-order chi connectivity index (χ0) is 18.5. The van der Waals surface area contributed by atoms with Gasteiger partial charge in [0.15, 0.2) is 0 Å². The SMILES string of the molecule is CCCCCCCCCCCCCCc1cc([O-])cc(S(=O)(=O)O)c1.[Na+]. The summed E-state index contributed by atoms with van der Waals surface area (Å²) < 4.78 is 31.3. The molecular weight excluding hydrogens is 359 g/mol. The molecule has 0 saturated heterocycles. The van der Waals surface area contributed by atoms with Crippen LogP contribution in [0.3, 0.4) is 0 Å². The number of rotatable bonds is 14. The fraction of sp³-hybridized carbons (Fsp3) is 0.700. The summed E-state index contributed by atoms with van der Waals surface area (Å²) in [4.78, 5) is -0.297. The van der Waals surface area contributed by atoms with Crippen LogP contribution >= 0.6 is 0 Å². The Morgan fingerprint density at radius 3 is 1.73 bits per heavy atom. The molecule has 1 aromatic carbocycles. The molecule has 1 aromatic rings. The molecule has 0 unspecified atom stereocenters. The normalized spacial score (nSPS) is 11.3. The third-order valence-electron chi connectivity index (χ3n) is 4.56. The van der Waals surface area contributed by atoms with Crippen molar-refractivity contribution in [2.24, 2.45) is 0 Å². The topological polar surface area (TPSA) is 77.4 Å². The van der Waals surface area contributed by atoms with Crippen LogP contribution in [-0.4, -0.2) is 13.0 Å². The maximum atomic E-state index is 11.5. The van der Waals surface area contributed by atoms with Crippen LogP contribution in [0.2, 0.25) is 0 Å². The van der Waals surface area contributed by atoms with Crippen molar-refractivity contribution in [2.75, 3.05) is 0 Å². The van der Waals surface area contributed by atoms with Crippen LogP contribution < -0.4 is 34.7 Å². The molecule has 0 aliphatic carbocycles. The summed E-state index contributed by atoms with van der Waals surface area (Å²) in [6.45, 7) is 2.24. The van der Waals surface area contributed by atoms with Gasteiger partial charge in [0, 0.05) is 0 Å². The van der Waals surface area contributed by atoms with Crippen molar-refractivity contribution in [2.45, 2.75) is 95.3 Å². The number of unbranched alkanes of at least 4 members (excludes halogenated alkanes) is 11. The minimum absolute atomic E-state index is 0. The van der Waals surface area contributed by atoms with Crippen LogP contribution in [0.4, 0.5) is 0 Å². The first kappa shape index (κ1) is 25.9. The summed E-state index contributed by atoms with van der Waals surface area (Å²) in [6.07, 6.45) is 15.8. The fourth-order valence-corrected chi connectivity index (χ4v) is 3.66. The maximum Gasteiger partial charge on any atom is 1.00 e. The molecule has 0 spiro atoms. The van der Waals surface area contributed by atoms with E-state index in [1.807, 2.05) is 0 Å². The monoisotopic (exact) mass is 392 g/mol. The first-order valence-corrected chi connectivity index (χ1v) is 11.2. The molecule has 0 heterocycles. The third kappa shape index (κ3) is 12.3. The average molecular weight is 393 g/mol. The molecule has 26 heavy (non-hydrogen) atoms. The minimum atomic E-state index is -4.30. The minimum Gasteiger partial charge on any atom is -0.872 e. The number of benzene rings is 1. The van der Waals surface area contributed by atoms with Gasteiger partial charge in [-0.1, -0.05) is 83.6 Å². The van der Waals surface area contributed by atoms with E-state index in [0.717, 1.165) is 18.9 Å². The van der Waals surface area contributed by atoms with Crippen molar-refractivity contribution < 1.29 is 47.6 Å². The summed E-state index contributed by atoms with van der Waals surface area (Å²) >= 11 is 0. The fourth-order valence-electron chi connectivity index (χ4n) is 3.09. The van der Waals surface area contributed by atoms with Gasteiger partial charge < -0.3 is 5.11 Å². The molecule has 1 rings (SSSR count). The van der Waals surface area contributed by atoms with Crippen molar-refractivity contribution in [3.8, 4) is 5.75 Å². The quantitative estimate of drug-likeness (QED) is 0.299. The van der Waals surface area contributed by atoms with Crippen LogP contribution in [0.25, 0.3) is 0 Å². The molecule has 0 atom stereocenters. The Hall–Kier alpha value is -0.0700. The van der Waals surface area contributed by atoms with Crippen LogP contribution in [0.5, 0.6) is 5.75 Å². The maximum absolute atomic E-state index is 11.5. The molecule has 4 nitrogen and oxygen atoms in total. The standard InChI is InChI=1S/C20H34O4S.Na/c1-2-3-4-5-6-7-8-9-10-11-12-13-14-18-15-19(21)17-20(16-18)25(22,23)24;/h15-17,21H,2-14H2,1H3,(H,22,23,24);/q;+1/p-1. The molecule has 0 aliphatic heterocycles. The van der Waals surface area contributed by atoms with E-state index < -0.39 is 10.1 Å². The summed E-state index contributed by atoms with van der Waals surface area (Å²) in [7, 11) is -4.30. The first-order chi connectivity index (χ1) is 11.9. The van der Waals surface area contributed by atoms with Gasteiger partial charge in [-0.3, -0.25) is 4.55 Å². The van der Waals surface area contributed by atoms with Crippen LogP contribution in [0.1, 0.15) is 89.5 Å². The smallest absolute Gasteiger partial charge is 0.872 e. The van der Waals surface area contributed by atoms with Crippen molar-refractivity contribution in [3.63, 3.8) is 0 Å². The van der Waals surface area contributed by atoms with Gasteiger partial charge in [0.25, 0.3) is 10.1 Å². The Morgan fingerprint density at radius 1 is 0.808 bits per heavy atom. The van der Waals surface area contributed by atoms with E-state index in [9.17, 15) is 13.5 Å². The average Bonchev–Trinajstić information content (AvgIpc) is 2.54. The van der Waals surface area contributed by atoms with Gasteiger partial charge in [0.2, 0.25) is 0 Å². The van der Waals surface area contributed by atoms with E-state index >= 15 is 0 Å². The molecule has 0 saturated carbocycles. The van der Waals surface area contributed by atoms with Gasteiger partial charge in [0.05, 0.1) is 4.90 Å². The van der Waals surface area contributed by atoms with Gasteiger partial charge in [-0.2, -0.15) is 8.42 Å². The van der Waals surface area contributed by atoms with E-state index in [-0.39, 0.29) is 40.2 Å². The van der Waals surface area contributed by atoms with Crippen LogP contribution in [0, 0.1) is 0 Å². The van der Waals surface area contributed by atoms with Gasteiger partial charge in [-0.05, 0) is 30.5 Å². The Morgan fingerprint density at radius 2 is 1.27 bits per heavy atom. The Kier molecular flexibility index (Phi) is 14.9. The third-order valence-corrected chi connectivity index (χ3v) is 5.39. The molecule has 1 N–H and O–H groups in total. The van der Waals surface area contributed by atoms with Gasteiger partial charge in [0.1, 0.15) is 0 Å². The molecule has 6 heteroatoms. The molecule has 0 amide bonds. The largest absolute Gasteiger partial charge is 1.00 e. The summed E-state index contributed by atoms with van der Waals surface area (Å²) in [5, 5.41) is 11.5. The zero-order valence-electron chi connectivity index (χ0n) is 16.5. The molecule has 0 fully saturated rings. The van der Waals surface area contributed by atoms with Crippen molar-refractivity contribution in [1.29, 1.82) is 0 Å². The predicted molar refractivity (Wildman–Crippen MR) is 100 cm³/mol. The van der Waals surface area contributed by atoms with E-state index in [4.69, 9.17) is 4.55 Å². The number of hydrogen-bond donors (Lipinski definition) is 1. The molecular formula is C20H33NaO4S. The Labute approximate surface area is 181 Å². The van der Waals surface area contributed by atoms with Crippen molar-refractivity contribution in [1.82, 2.24) is 0 Å². The zero-order valence-corrected chi connectivity index (χ0v) is 19.3. The van der Waals surface area contributed by atoms with Crippen LogP contribution in [-0.2, 0) is 16.5 Å². The van der Waals surface area contributed by atoms with E-state index in [2.05, 4.69) is 6.92 Å². The van der Waals surface area contributed by atoms with Crippen LogP contribution in [0.15, 0.2) is 23.1 Å². The molecule has 0 aliphatic rings. The first-order valence-electron chi connectivity index (χ1n) is 9.72. The van der Waals surface area contributed by atoms with Crippen molar-refractivity contribution >= 4 is 10.1 Å². The predicted octanol–water partition coefficient (Wildman–Crippen LogP) is 2.25. The summed E-state index contributed by atoms with van der Waals surface area (Å²) in [5.74, 6) is -0.371. The summed E-state index contributed by atoms with van der Waals surface area (Å²) in [5.41, 5.74) is 0.687. The second-order valence-corrected chi connectivity index (χ2v) is 8.35. The number of aryl methyl sites for hydroxylation is 1. The Balaban J connectivity index is 0.00000625. The molecule has 0 aromatic heterocycles. The van der Waals surface area contributed by atoms with Gasteiger partial charge >= 0.3 is 29.6 Å². The molecule has 0 radical (unpaired) electrons. The van der Waals surface area contributed by atoms with Gasteiger partial charge in [-0.15, -0.1) is 5.75 Å². The van der Waals surface area contributed by atoms with E-state index in [1.54, 1.807) is 0 Å². The second-order valence-electron chi connectivity index (χ2n) is 6.93. The second kappa shape index (κ2) is 14.9. The van der Waals surface area contributed by atoms with E-state index in [0.29, 0.717) is 12.0 Å². The van der Waals surface area contributed by atoms with Crippen molar-refractivity contribution in [3.05, 3.63) is 23.8 Å². The Bertz CT molecular complexity index is 587. The summed E-state index contributed by atoms with van der Waals surface area (Å²) in [6, 6.07) is 3.81. The molecule has 0 bridgehead atoms. The van der Waals surface area contributed by atoms with Gasteiger partial charge in [-0.25, -0.2) is 0 Å².